The van der Waals surface area contributed by atoms with E-state index in [4.69, 9.17) is 0 Å². The summed E-state index contributed by atoms with van der Waals surface area (Å²) in [5.41, 5.74) is -0.592. The smallest absolute Gasteiger partial charge is 0.329 e. The lowest BCUT2D eigenvalue weighted by molar-refractivity contribution is -0.145. The Morgan fingerprint density at radius 3 is 2.48 bits per heavy atom. The van der Waals surface area contributed by atoms with E-state index in [1.54, 1.807) is 19.1 Å². The van der Waals surface area contributed by atoms with Crippen molar-refractivity contribution in [2.75, 3.05) is 5.32 Å². The molecule has 0 radical (unpaired) electrons. The molecule has 6 heteroatoms. The number of urea groups is 1. The molecule has 5 nitrogen and oxygen atoms in total. The Balaban J connectivity index is 2.11. The van der Waals surface area contributed by atoms with Crippen molar-refractivity contribution >= 4 is 17.7 Å². The molecule has 0 bridgehead atoms. The fraction of sp³-hybridized carbons (Fsp3) is 0.467. The highest BCUT2D eigenvalue weighted by Gasteiger charge is 2.41. The predicted molar refractivity (Wildman–Crippen MR) is 76.7 cm³/mol. The molecule has 0 saturated heterocycles. The van der Waals surface area contributed by atoms with E-state index in [0.29, 0.717) is 18.4 Å². The summed E-state index contributed by atoms with van der Waals surface area (Å²) in [5, 5.41) is 14.3. The molecule has 1 aromatic rings. The van der Waals surface area contributed by atoms with E-state index < -0.39 is 23.4 Å². The minimum Gasteiger partial charge on any atom is -0.480 e. The molecule has 114 valence electrons. The van der Waals surface area contributed by atoms with Gasteiger partial charge >= 0.3 is 12.0 Å². The second-order valence-electron chi connectivity index (χ2n) is 5.46. The Morgan fingerprint density at radius 1 is 1.24 bits per heavy atom. The quantitative estimate of drug-likeness (QED) is 0.801. The molecule has 1 fully saturated rings. The molecule has 0 atom stereocenters. The fourth-order valence-corrected chi connectivity index (χ4v) is 2.70. The molecule has 0 heterocycles. The number of carbonyl (C=O) groups is 2. The van der Waals surface area contributed by atoms with E-state index in [0.717, 1.165) is 19.3 Å². The van der Waals surface area contributed by atoms with Gasteiger partial charge < -0.3 is 15.7 Å². The number of nitrogens with one attached hydrogen (secondary N) is 2. The zero-order chi connectivity index (χ0) is 15.5. The van der Waals surface area contributed by atoms with E-state index in [1.165, 1.54) is 6.07 Å². The first-order chi connectivity index (χ1) is 9.94. The van der Waals surface area contributed by atoms with Crippen molar-refractivity contribution in [1.29, 1.82) is 0 Å². The van der Waals surface area contributed by atoms with Crippen LogP contribution in [0.1, 0.15) is 37.7 Å². The number of aliphatic carboxylic acids is 1. The maximum absolute atomic E-state index is 13.7. The molecule has 1 aliphatic rings. The summed E-state index contributed by atoms with van der Waals surface area (Å²) in [4.78, 5) is 23.5. The number of carboxylic acids is 1. The zero-order valence-corrected chi connectivity index (χ0v) is 11.9. The lowest BCUT2D eigenvalue weighted by Gasteiger charge is -2.33. The summed E-state index contributed by atoms with van der Waals surface area (Å²) < 4.78 is 13.7. The van der Waals surface area contributed by atoms with Crippen LogP contribution in [0.15, 0.2) is 18.2 Å². The van der Waals surface area contributed by atoms with Crippen LogP contribution in [0.2, 0.25) is 0 Å². The van der Waals surface area contributed by atoms with Crippen LogP contribution >= 0.6 is 0 Å². The third kappa shape index (κ3) is 3.32. The Labute approximate surface area is 122 Å². The van der Waals surface area contributed by atoms with E-state index in [2.05, 4.69) is 10.6 Å². The van der Waals surface area contributed by atoms with Gasteiger partial charge in [-0.3, -0.25) is 0 Å². The summed E-state index contributed by atoms with van der Waals surface area (Å²) in [6.45, 7) is 1.67. The first-order valence-electron chi connectivity index (χ1n) is 7.02. The Bertz CT molecular complexity index is 534. The van der Waals surface area contributed by atoms with Gasteiger partial charge in [0.25, 0.3) is 0 Å². The van der Waals surface area contributed by atoms with E-state index in [9.17, 15) is 19.1 Å². The van der Waals surface area contributed by atoms with Crippen LogP contribution < -0.4 is 10.6 Å². The summed E-state index contributed by atoms with van der Waals surface area (Å²) >= 11 is 0. The number of aryl methyl sites for hydroxylation is 1. The summed E-state index contributed by atoms with van der Waals surface area (Å²) in [6, 6.07) is 3.78. The van der Waals surface area contributed by atoms with Gasteiger partial charge in [-0.15, -0.1) is 0 Å². The van der Waals surface area contributed by atoms with Gasteiger partial charge in [-0.2, -0.15) is 0 Å². The summed E-state index contributed by atoms with van der Waals surface area (Å²) in [6.07, 6.45) is 3.26. The number of anilines is 1. The SMILES string of the molecule is Cc1cccc(F)c1NC(=O)NC1(C(=O)O)CCCCC1. The van der Waals surface area contributed by atoms with Crippen LogP contribution in [0.3, 0.4) is 0 Å². The van der Waals surface area contributed by atoms with Crippen molar-refractivity contribution in [2.45, 2.75) is 44.6 Å². The number of para-hydroxylation sites is 1. The van der Waals surface area contributed by atoms with Gasteiger partial charge in [0, 0.05) is 0 Å². The minimum absolute atomic E-state index is 0.0753. The lowest BCUT2D eigenvalue weighted by atomic mass is 9.82. The van der Waals surface area contributed by atoms with Gasteiger partial charge in [0.2, 0.25) is 0 Å². The van der Waals surface area contributed by atoms with Gasteiger partial charge in [0.1, 0.15) is 11.4 Å². The monoisotopic (exact) mass is 294 g/mol. The van der Waals surface area contributed by atoms with Gasteiger partial charge in [0.05, 0.1) is 5.69 Å². The average Bonchev–Trinajstić information content (AvgIpc) is 2.44. The molecule has 0 aliphatic heterocycles. The van der Waals surface area contributed by atoms with E-state index in [1.807, 2.05) is 0 Å². The molecule has 1 aliphatic carbocycles. The van der Waals surface area contributed by atoms with Gasteiger partial charge in [-0.05, 0) is 31.4 Å². The molecular formula is C15H19FN2O3. The first-order valence-corrected chi connectivity index (χ1v) is 7.02. The molecule has 3 N–H and O–H groups in total. The molecule has 0 spiro atoms. The van der Waals surface area contributed by atoms with Gasteiger partial charge in [0.15, 0.2) is 0 Å². The van der Waals surface area contributed by atoms with Crippen LogP contribution in [-0.4, -0.2) is 22.6 Å². The second kappa shape index (κ2) is 6.11. The normalized spacial score (nSPS) is 17.0. The number of rotatable bonds is 3. The average molecular weight is 294 g/mol. The number of halogens is 1. The molecule has 21 heavy (non-hydrogen) atoms. The van der Waals surface area contributed by atoms with E-state index >= 15 is 0 Å². The Kier molecular flexibility index (Phi) is 4.45. The summed E-state index contributed by atoms with van der Waals surface area (Å²) in [5.74, 6) is -1.58. The second-order valence-corrected chi connectivity index (χ2v) is 5.46. The Morgan fingerprint density at radius 2 is 1.90 bits per heavy atom. The van der Waals surface area contributed by atoms with Gasteiger partial charge in [-0.1, -0.05) is 31.4 Å². The van der Waals surface area contributed by atoms with Crippen LogP contribution in [0.25, 0.3) is 0 Å². The molecule has 1 aromatic carbocycles. The largest absolute Gasteiger partial charge is 0.480 e. The Hall–Kier alpha value is -2.11. The lowest BCUT2D eigenvalue weighted by Crippen LogP contribution is -2.56. The highest BCUT2D eigenvalue weighted by molar-refractivity contribution is 5.94. The predicted octanol–water partition coefficient (Wildman–Crippen LogP) is 3.04. The summed E-state index contributed by atoms with van der Waals surface area (Å²) in [7, 11) is 0. The number of carbonyl (C=O) groups excluding carboxylic acids is 1. The number of carboxylic acid groups (broad SMARTS) is 1. The van der Waals surface area contributed by atoms with Crippen molar-refractivity contribution < 1.29 is 19.1 Å². The van der Waals surface area contributed by atoms with Crippen LogP contribution in [-0.2, 0) is 4.79 Å². The number of amides is 2. The molecule has 0 unspecified atom stereocenters. The highest BCUT2D eigenvalue weighted by Crippen LogP contribution is 2.29. The fourth-order valence-electron chi connectivity index (χ4n) is 2.70. The maximum Gasteiger partial charge on any atom is 0.329 e. The molecule has 2 rings (SSSR count). The molecule has 2 amide bonds. The standard InChI is InChI=1S/C15H19FN2O3/c1-10-6-5-7-11(16)12(10)17-14(21)18-15(13(19)20)8-3-2-4-9-15/h5-7H,2-4,8-9H2,1H3,(H,19,20)(H2,17,18,21). The third-order valence-corrected chi connectivity index (χ3v) is 3.93. The highest BCUT2D eigenvalue weighted by atomic mass is 19.1. The number of hydrogen-bond donors (Lipinski definition) is 3. The topological polar surface area (TPSA) is 78.4 Å². The zero-order valence-electron chi connectivity index (χ0n) is 11.9. The van der Waals surface area contributed by atoms with Crippen molar-refractivity contribution in [2.24, 2.45) is 0 Å². The number of hydrogen-bond acceptors (Lipinski definition) is 2. The number of benzene rings is 1. The third-order valence-electron chi connectivity index (χ3n) is 3.93. The van der Waals surface area contributed by atoms with Crippen LogP contribution in [0, 0.1) is 12.7 Å². The molecule has 0 aromatic heterocycles. The molecular weight excluding hydrogens is 275 g/mol. The minimum atomic E-state index is -1.25. The maximum atomic E-state index is 13.7. The van der Waals surface area contributed by atoms with Crippen LogP contribution in [0.5, 0.6) is 0 Å². The van der Waals surface area contributed by atoms with Crippen molar-refractivity contribution in [3.63, 3.8) is 0 Å². The van der Waals surface area contributed by atoms with Crippen molar-refractivity contribution in [1.82, 2.24) is 5.32 Å². The first kappa shape index (κ1) is 15.3. The van der Waals surface area contributed by atoms with Crippen LogP contribution in [0.4, 0.5) is 14.9 Å². The van der Waals surface area contributed by atoms with Crippen molar-refractivity contribution in [3.8, 4) is 0 Å². The molecule has 1 saturated carbocycles. The van der Waals surface area contributed by atoms with E-state index in [-0.39, 0.29) is 5.69 Å². The van der Waals surface area contributed by atoms with Gasteiger partial charge in [-0.25, -0.2) is 14.0 Å². The van der Waals surface area contributed by atoms with Crippen molar-refractivity contribution in [3.05, 3.63) is 29.6 Å².